The third-order valence-corrected chi connectivity index (χ3v) is 2.79. The molecule has 1 aromatic carbocycles. The van der Waals surface area contributed by atoms with Gasteiger partial charge in [-0.25, -0.2) is 0 Å². The number of aromatic nitrogens is 2. The standard InChI is InChI=1S/C12H12ClN3O/c1-16-12(13)10(8-14-17-2)11(15-16)9-6-4-3-5-7-9/h3-8H,1-2H3/b14-8-. The van der Waals surface area contributed by atoms with Crippen molar-refractivity contribution in [2.45, 2.75) is 0 Å². The lowest BCUT2D eigenvalue weighted by molar-refractivity contribution is 0.215. The van der Waals surface area contributed by atoms with Crippen LogP contribution >= 0.6 is 11.6 Å². The van der Waals surface area contributed by atoms with E-state index < -0.39 is 0 Å². The van der Waals surface area contributed by atoms with Crippen molar-refractivity contribution in [3.05, 3.63) is 41.0 Å². The summed E-state index contributed by atoms with van der Waals surface area (Å²) in [5, 5.41) is 8.64. The maximum Gasteiger partial charge on any atom is 0.136 e. The summed E-state index contributed by atoms with van der Waals surface area (Å²) in [6, 6.07) is 9.81. The van der Waals surface area contributed by atoms with E-state index in [1.807, 2.05) is 30.3 Å². The minimum Gasteiger partial charge on any atom is -0.399 e. The Morgan fingerprint density at radius 3 is 2.71 bits per heavy atom. The molecule has 0 saturated carbocycles. The van der Waals surface area contributed by atoms with Crippen molar-refractivity contribution in [3.8, 4) is 11.3 Å². The molecule has 0 aliphatic carbocycles. The van der Waals surface area contributed by atoms with Crippen LogP contribution in [0.4, 0.5) is 0 Å². The zero-order valence-electron chi connectivity index (χ0n) is 9.59. The van der Waals surface area contributed by atoms with Crippen LogP contribution in [0.3, 0.4) is 0 Å². The summed E-state index contributed by atoms with van der Waals surface area (Å²) in [4.78, 5) is 4.67. The van der Waals surface area contributed by atoms with E-state index in [4.69, 9.17) is 11.6 Å². The van der Waals surface area contributed by atoms with Crippen molar-refractivity contribution >= 4 is 17.8 Å². The Labute approximate surface area is 104 Å². The first-order chi connectivity index (χ1) is 8.24. The van der Waals surface area contributed by atoms with Crippen LogP contribution in [0, 0.1) is 0 Å². The molecule has 0 aliphatic heterocycles. The summed E-state index contributed by atoms with van der Waals surface area (Å²) < 4.78 is 1.61. The van der Waals surface area contributed by atoms with Gasteiger partial charge in [0.2, 0.25) is 0 Å². The van der Waals surface area contributed by atoms with Crippen LogP contribution in [0.25, 0.3) is 11.3 Å². The van der Waals surface area contributed by atoms with Gasteiger partial charge in [-0.15, -0.1) is 0 Å². The second-order valence-corrected chi connectivity index (χ2v) is 3.82. The normalized spacial score (nSPS) is 11.0. The van der Waals surface area contributed by atoms with Gasteiger partial charge in [-0.1, -0.05) is 47.1 Å². The van der Waals surface area contributed by atoms with Crippen molar-refractivity contribution in [1.82, 2.24) is 9.78 Å². The van der Waals surface area contributed by atoms with Crippen LogP contribution in [0.15, 0.2) is 35.5 Å². The van der Waals surface area contributed by atoms with E-state index in [1.54, 1.807) is 17.9 Å². The Balaban J connectivity index is 2.54. The number of aryl methyl sites for hydroxylation is 1. The van der Waals surface area contributed by atoms with Crippen LogP contribution in [-0.2, 0) is 11.9 Å². The van der Waals surface area contributed by atoms with Gasteiger partial charge in [0.05, 0.1) is 11.8 Å². The predicted octanol–water partition coefficient (Wildman–Crippen LogP) is 2.72. The van der Waals surface area contributed by atoms with Crippen LogP contribution in [0.5, 0.6) is 0 Å². The minimum absolute atomic E-state index is 0.532. The van der Waals surface area contributed by atoms with E-state index in [-0.39, 0.29) is 0 Å². The molecule has 0 unspecified atom stereocenters. The Bertz CT molecular complexity index is 534. The Hall–Kier alpha value is -1.81. The molecule has 0 saturated heterocycles. The SMILES string of the molecule is CO/N=C\c1c(-c2ccccc2)nn(C)c1Cl. The molecule has 2 aromatic rings. The molecule has 17 heavy (non-hydrogen) atoms. The van der Waals surface area contributed by atoms with Gasteiger partial charge in [0.25, 0.3) is 0 Å². The quantitative estimate of drug-likeness (QED) is 0.620. The highest BCUT2D eigenvalue weighted by atomic mass is 35.5. The summed E-state index contributed by atoms with van der Waals surface area (Å²) in [5.41, 5.74) is 2.54. The molecule has 4 nitrogen and oxygen atoms in total. The summed E-state index contributed by atoms with van der Waals surface area (Å²) in [6.45, 7) is 0. The van der Waals surface area contributed by atoms with E-state index in [9.17, 15) is 0 Å². The maximum atomic E-state index is 6.15. The molecule has 0 spiro atoms. The summed E-state index contributed by atoms with van der Waals surface area (Å²) >= 11 is 6.15. The summed E-state index contributed by atoms with van der Waals surface area (Å²) in [7, 11) is 3.28. The van der Waals surface area contributed by atoms with Gasteiger partial charge in [0, 0.05) is 12.6 Å². The summed E-state index contributed by atoms with van der Waals surface area (Å²) in [5.74, 6) is 0. The monoisotopic (exact) mass is 249 g/mol. The lowest BCUT2D eigenvalue weighted by Gasteiger charge is -1.97. The molecule has 5 heteroatoms. The number of rotatable bonds is 3. The fraction of sp³-hybridized carbons (Fsp3) is 0.167. The van der Waals surface area contributed by atoms with Gasteiger partial charge in [-0.2, -0.15) is 5.10 Å². The first-order valence-electron chi connectivity index (χ1n) is 5.08. The zero-order chi connectivity index (χ0) is 12.3. The van der Waals surface area contributed by atoms with Gasteiger partial charge in [0.1, 0.15) is 18.0 Å². The molecule has 88 valence electrons. The van der Waals surface area contributed by atoms with E-state index >= 15 is 0 Å². The second kappa shape index (κ2) is 5.01. The van der Waals surface area contributed by atoms with E-state index in [2.05, 4.69) is 15.1 Å². The Morgan fingerprint density at radius 1 is 1.35 bits per heavy atom. The molecule has 0 amide bonds. The van der Waals surface area contributed by atoms with Crippen LogP contribution < -0.4 is 0 Å². The van der Waals surface area contributed by atoms with E-state index in [1.165, 1.54) is 7.11 Å². The molecule has 0 bridgehead atoms. The average Bonchev–Trinajstić information content (AvgIpc) is 2.65. The molecule has 0 aliphatic rings. The van der Waals surface area contributed by atoms with Crippen LogP contribution in [-0.4, -0.2) is 23.1 Å². The van der Waals surface area contributed by atoms with Crippen molar-refractivity contribution in [2.24, 2.45) is 12.2 Å². The lowest BCUT2D eigenvalue weighted by atomic mass is 10.1. The number of hydrogen-bond donors (Lipinski definition) is 0. The highest BCUT2D eigenvalue weighted by Crippen LogP contribution is 2.26. The van der Waals surface area contributed by atoms with Crippen molar-refractivity contribution < 1.29 is 4.84 Å². The fourth-order valence-corrected chi connectivity index (χ4v) is 1.72. The molecule has 0 N–H and O–H groups in total. The van der Waals surface area contributed by atoms with Crippen molar-refractivity contribution in [2.75, 3.05) is 7.11 Å². The topological polar surface area (TPSA) is 39.4 Å². The average molecular weight is 250 g/mol. The number of oxime groups is 1. The van der Waals surface area contributed by atoms with Crippen LogP contribution in [0.1, 0.15) is 5.56 Å². The molecule has 1 heterocycles. The molecule has 1 aromatic heterocycles. The van der Waals surface area contributed by atoms with Gasteiger partial charge in [-0.3, -0.25) is 4.68 Å². The largest absolute Gasteiger partial charge is 0.399 e. The third kappa shape index (κ3) is 2.31. The number of nitrogens with zero attached hydrogens (tertiary/aromatic N) is 3. The van der Waals surface area contributed by atoms with Crippen molar-refractivity contribution in [1.29, 1.82) is 0 Å². The van der Waals surface area contributed by atoms with E-state index in [0.29, 0.717) is 5.15 Å². The zero-order valence-corrected chi connectivity index (χ0v) is 10.3. The number of benzene rings is 1. The van der Waals surface area contributed by atoms with Crippen molar-refractivity contribution in [3.63, 3.8) is 0 Å². The minimum atomic E-state index is 0.532. The molecule has 0 fully saturated rings. The smallest absolute Gasteiger partial charge is 0.136 e. The lowest BCUT2D eigenvalue weighted by Crippen LogP contribution is -1.89. The van der Waals surface area contributed by atoms with Gasteiger partial charge in [-0.05, 0) is 0 Å². The number of hydrogen-bond acceptors (Lipinski definition) is 3. The second-order valence-electron chi connectivity index (χ2n) is 3.46. The predicted molar refractivity (Wildman–Crippen MR) is 68.3 cm³/mol. The Kier molecular flexibility index (Phi) is 3.44. The summed E-state index contributed by atoms with van der Waals surface area (Å²) in [6.07, 6.45) is 1.57. The Morgan fingerprint density at radius 2 is 2.06 bits per heavy atom. The molecular formula is C12H12ClN3O. The highest BCUT2D eigenvalue weighted by molar-refractivity contribution is 6.32. The van der Waals surface area contributed by atoms with E-state index in [0.717, 1.165) is 16.8 Å². The molecule has 2 rings (SSSR count). The van der Waals surface area contributed by atoms with Crippen LogP contribution in [0.2, 0.25) is 5.15 Å². The molecule has 0 atom stereocenters. The van der Waals surface area contributed by atoms with Gasteiger partial charge < -0.3 is 4.84 Å². The molecular weight excluding hydrogens is 238 g/mol. The first kappa shape index (κ1) is 11.7. The highest BCUT2D eigenvalue weighted by Gasteiger charge is 2.14. The third-order valence-electron chi connectivity index (χ3n) is 2.35. The maximum absolute atomic E-state index is 6.15. The number of halogens is 1. The fourth-order valence-electron chi connectivity index (χ4n) is 1.55. The van der Waals surface area contributed by atoms with Gasteiger partial charge in [0.15, 0.2) is 0 Å². The first-order valence-corrected chi connectivity index (χ1v) is 5.46. The molecule has 0 radical (unpaired) electrons. The van der Waals surface area contributed by atoms with Gasteiger partial charge >= 0.3 is 0 Å².